The SMILES string of the molecule is Cc1ccc(CN[C@H]2C[C@H]3C(=O)N[C@@H](C(C)C)C(=O)N3C2)cc1. The molecule has 124 valence electrons. The normalized spacial score (nSPS) is 27.3. The molecule has 0 saturated carbocycles. The molecule has 0 radical (unpaired) electrons. The number of carbonyl (C=O) groups excluding carboxylic acids is 2. The molecule has 0 unspecified atom stereocenters. The summed E-state index contributed by atoms with van der Waals surface area (Å²) in [7, 11) is 0. The number of piperazine rings is 1. The van der Waals surface area contributed by atoms with Crippen LogP contribution in [-0.2, 0) is 16.1 Å². The Morgan fingerprint density at radius 1 is 1.26 bits per heavy atom. The van der Waals surface area contributed by atoms with E-state index in [1.54, 1.807) is 4.90 Å². The van der Waals surface area contributed by atoms with Gasteiger partial charge in [0.1, 0.15) is 12.1 Å². The Balaban J connectivity index is 1.62. The summed E-state index contributed by atoms with van der Waals surface area (Å²) in [5, 5.41) is 6.36. The number of benzene rings is 1. The Kier molecular flexibility index (Phi) is 4.39. The summed E-state index contributed by atoms with van der Waals surface area (Å²) < 4.78 is 0. The standard InChI is InChI=1S/C18H25N3O2/c1-11(2)16-18(23)21-10-14(8-15(21)17(22)20-16)19-9-13-6-4-12(3)5-7-13/h4-7,11,14-16,19H,8-10H2,1-3H3,(H,20,22)/t14-,15-,16-/m0/s1. The summed E-state index contributed by atoms with van der Waals surface area (Å²) in [5.74, 6) is 0.166. The van der Waals surface area contributed by atoms with E-state index in [4.69, 9.17) is 0 Å². The first-order valence-corrected chi connectivity index (χ1v) is 8.35. The number of rotatable bonds is 4. The van der Waals surface area contributed by atoms with Crippen molar-refractivity contribution in [2.45, 2.75) is 51.9 Å². The van der Waals surface area contributed by atoms with E-state index < -0.39 is 0 Å². The molecule has 0 bridgehead atoms. The van der Waals surface area contributed by atoms with E-state index >= 15 is 0 Å². The molecule has 1 aromatic carbocycles. The van der Waals surface area contributed by atoms with Crippen LogP contribution in [0.15, 0.2) is 24.3 Å². The summed E-state index contributed by atoms with van der Waals surface area (Å²) >= 11 is 0. The highest BCUT2D eigenvalue weighted by molar-refractivity contribution is 5.97. The molecule has 5 nitrogen and oxygen atoms in total. The third-order valence-corrected chi connectivity index (χ3v) is 4.83. The van der Waals surface area contributed by atoms with Gasteiger partial charge in [0.25, 0.3) is 0 Å². The van der Waals surface area contributed by atoms with Crippen LogP contribution in [0.25, 0.3) is 0 Å². The minimum Gasteiger partial charge on any atom is -0.342 e. The average Bonchev–Trinajstić information content (AvgIpc) is 2.95. The van der Waals surface area contributed by atoms with Crippen molar-refractivity contribution >= 4 is 11.8 Å². The fourth-order valence-electron chi connectivity index (χ4n) is 3.39. The van der Waals surface area contributed by atoms with E-state index in [2.05, 4.69) is 41.8 Å². The van der Waals surface area contributed by atoms with Crippen molar-refractivity contribution in [3.63, 3.8) is 0 Å². The van der Waals surface area contributed by atoms with Crippen LogP contribution in [0.3, 0.4) is 0 Å². The topological polar surface area (TPSA) is 61.4 Å². The van der Waals surface area contributed by atoms with Crippen molar-refractivity contribution in [3.05, 3.63) is 35.4 Å². The lowest BCUT2D eigenvalue weighted by Crippen LogP contribution is -2.62. The first-order chi connectivity index (χ1) is 11.0. The Morgan fingerprint density at radius 3 is 2.61 bits per heavy atom. The van der Waals surface area contributed by atoms with Crippen LogP contribution in [0.5, 0.6) is 0 Å². The molecule has 0 aliphatic carbocycles. The number of nitrogens with zero attached hydrogens (tertiary/aromatic N) is 1. The number of amides is 2. The molecular weight excluding hydrogens is 290 g/mol. The number of hydrogen-bond donors (Lipinski definition) is 2. The van der Waals surface area contributed by atoms with Crippen molar-refractivity contribution in [1.82, 2.24) is 15.5 Å². The fraction of sp³-hybridized carbons (Fsp3) is 0.556. The molecule has 0 spiro atoms. The third-order valence-electron chi connectivity index (χ3n) is 4.83. The van der Waals surface area contributed by atoms with Gasteiger partial charge in [-0.15, -0.1) is 0 Å². The lowest BCUT2D eigenvalue weighted by atomic mass is 9.98. The molecule has 2 heterocycles. The Bertz CT molecular complexity index is 597. The molecule has 3 atom stereocenters. The van der Waals surface area contributed by atoms with Crippen LogP contribution in [0.4, 0.5) is 0 Å². The second kappa shape index (κ2) is 6.32. The van der Waals surface area contributed by atoms with Gasteiger partial charge in [-0.05, 0) is 24.8 Å². The molecule has 0 aromatic heterocycles. The van der Waals surface area contributed by atoms with E-state index in [9.17, 15) is 9.59 Å². The zero-order valence-corrected chi connectivity index (χ0v) is 14.0. The van der Waals surface area contributed by atoms with Gasteiger partial charge in [-0.3, -0.25) is 9.59 Å². The van der Waals surface area contributed by atoms with Crippen LogP contribution >= 0.6 is 0 Å². The third kappa shape index (κ3) is 3.24. The largest absolute Gasteiger partial charge is 0.342 e. The number of aryl methyl sites for hydroxylation is 1. The highest BCUT2D eigenvalue weighted by Gasteiger charge is 2.46. The molecule has 2 aliphatic heterocycles. The van der Waals surface area contributed by atoms with Crippen LogP contribution in [-0.4, -0.2) is 41.4 Å². The molecule has 2 N–H and O–H groups in total. The minimum atomic E-state index is -0.380. The zero-order chi connectivity index (χ0) is 16.6. The summed E-state index contributed by atoms with van der Waals surface area (Å²) in [5.41, 5.74) is 2.46. The van der Waals surface area contributed by atoms with E-state index in [1.165, 1.54) is 11.1 Å². The molecule has 2 saturated heterocycles. The predicted octanol–water partition coefficient (Wildman–Crippen LogP) is 1.21. The second-order valence-corrected chi connectivity index (χ2v) is 7.04. The highest BCUT2D eigenvalue weighted by atomic mass is 16.2. The summed E-state index contributed by atoms with van der Waals surface area (Å²) in [6.07, 6.45) is 0.689. The van der Waals surface area contributed by atoms with Crippen molar-refractivity contribution in [1.29, 1.82) is 0 Å². The lowest BCUT2D eigenvalue weighted by Gasteiger charge is -2.36. The zero-order valence-electron chi connectivity index (χ0n) is 14.0. The summed E-state index contributed by atoms with van der Waals surface area (Å²) in [4.78, 5) is 26.6. The quantitative estimate of drug-likeness (QED) is 0.878. The molecule has 23 heavy (non-hydrogen) atoms. The Hall–Kier alpha value is -1.88. The number of nitrogens with one attached hydrogen (secondary N) is 2. The van der Waals surface area contributed by atoms with Crippen molar-refractivity contribution in [2.24, 2.45) is 5.92 Å². The predicted molar refractivity (Wildman–Crippen MR) is 88.7 cm³/mol. The van der Waals surface area contributed by atoms with Gasteiger partial charge in [0.2, 0.25) is 11.8 Å². The average molecular weight is 315 g/mol. The van der Waals surface area contributed by atoms with Gasteiger partial charge >= 0.3 is 0 Å². The summed E-state index contributed by atoms with van der Waals surface area (Å²) in [6, 6.07) is 7.89. The number of hydrogen-bond acceptors (Lipinski definition) is 3. The van der Waals surface area contributed by atoms with Crippen molar-refractivity contribution in [2.75, 3.05) is 6.54 Å². The van der Waals surface area contributed by atoms with Gasteiger partial charge in [0, 0.05) is 19.1 Å². The Morgan fingerprint density at radius 2 is 1.96 bits per heavy atom. The molecule has 3 rings (SSSR count). The molecule has 1 aromatic rings. The fourth-order valence-corrected chi connectivity index (χ4v) is 3.39. The lowest BCUT2D eigenvalue weighted by molar-refractivity contribution is -0.148. The molecular formula is C18H25N3O2. The van der Waals surface area contributed by atoms with E-state index in [0.29, 0.717) is 13.0 Å². The van der Waals surface area contributed by atoms with Gasteiger partial charge in [0.05, 0.1) is 0 Å². The van der Waals surface area contributed by atoms with Crippen LogP contribution < -0.4 is 10.6 Å². The van der Waals surface area contributed by atoms with Gasteiger partial charge < -0.3 is 15.5 Å². The molecule has 2 amide bonds. The first-order valence-electron chi connectivity index (χ1n) is 8.35. The van der Waals surface area contributed by atoms with E-state index in [1.807, 2.05) is 13.8 Å². The van der Waals surface area contributed by atoms with Crippen LogP contribution in [0.2, 0.25) is 0 Å². The van der Waals surface area contributed by atoms with Crippen LogP contribution in [0.1, 0.15) is 31.4 Å². The first kappa shape index (κ1) is 16.0. The van der Waals surface area contributed by atoms with Crippen LogP contribution in [0, 0.1) is 12.8 Å². The monoisotopic (exact) mass is 315 g/mol. The Labute approximate surface area is 137 Å². The van der Waals surface area contributed by atoms with Gasteiger partial charge in [-0.2, -0.15) is 0 Å². The van der Waals surface area contributed by atoms with E-state index in [0.717, 1.165) is 6.54 Å². The summed E-state index contributed by atoms with van der Waals surface area (Å²) in [6.45, 7) is 7.38. The maximum atomic E-state index is 12.5. The minimum absolute atomic E-state index is 0.0112. The van der Waals surface area contributed by atoms with Crippen molar-refractivity contribution < 1.29 is 9.59 Å². The second-order valence-electron chi connectivity index (χ2n) is 7.04. The van der Waals surface area contributed by atoms with Crippen molar-refractivity contribution in [3.8, 4) is 0 Å². The number of fused-ring (bicyclic) bond motifs is 1. The maximum Gasteiger partial charge on any atom is 0.246 e. The molecule has 2 fully saturated rings. The maximum absolute atomic E-state index is 12.5. The van der Waals surface area contributed by atoms with Gasteiger partial charge in [-0.25, -0.2) is 0 Å². The molecule has 5 heteroatoms. The van der Waals surface area contributed by atoms with Gasteiger partial charge in [0.15, 0.2) is 0 Å². The molecule has 2 aliphatic rings. The number of carbonyl (C=O) groups is 2. The van der Waals surface area contributed by atoms with Gasteiger partial charge in [-0.1, -0.05) is 43.7 Å². The van der Waals surface area contributed by atoms with E-state index in [-0.39, 0.29) is 35.9 Å². The smallest absolute Gasteiger partial charge is 0.246 e. The highest BCUT2D eigenvalue weighted by Crippen LogP contribution is 2.25.